The van der Waals surface area contributed by atoms with Gasteiger partial charge in [-0.3, -0.25) is 0 Å². The molecule has 1 rings (SSSR count). The normalized spacial score (nSPS) is 11.8. The zero-order valence-electron chi connectivity index (χ0n) is 10.1. The van der Waals surface area contributed by atoms with Crippen molar-refractivity contribution in [1.82, 2.24) is 0 Å². The van der Waals surface area contributed by atoms with Gasteiger partial charge in [-0.25, -0.2) is 0 Å². The number of hydrogen-bond donors (Lipinski definition) is 0. The Bertz CT molecular complexity index is 407. The SMILES string of the molecule is C/C=C(/C=C/C(=O)OCC)[Se]c1ccccc1. The third-order valence-corrected chi connectivity index (χ3v) is 4.27. The molecule has 0 spiro atoms. The molecule has 90 valence electrons. The summed E-state index contributed by atoms with van der Waals surface area (Å²) in [4.78, 5) is 11.2. The van der Waals surface area contributed by atoms with Crippen LogP contribution in [-0.4, -0.2) is 27.5 Å². The van der Waals surface area contributed by atoms with E-state index in [1.807, 2.05) is 37.3 Å². The summed E-state index contributed by atoms with van der Waals surface area (Å²) in [5.41, 5.74) is 0. The summed E-state index contributed by atoms with van der Waals surface area (Å²) in [7, 11) is 0. The second kappa shape index (κ2) is 7.88. The first kappa shape index (κ1) is 13.8. The molecule has 17 heavy (non-hydrogen) atoms. The second-order valence-corrected chi connectivity index (χ2v) is 5.60. The first-order valence-electron chi connectivity index (χ1n) is 5.50. The summed E-state index contributed by atoms with van der Waals surface area (Å²) >= 11 is 0.235. The molecule has 0 amide bonds. The number of esters is 1. The predicted octanol–water partition coefficient (Wildman–Crippen LogP) is 2.04. The van der Waals surface area contributed by atoms with Crippen LogP contribution in [-0.2, 0) is 9.53 Å². The van der Waals surface area contributed by atoms with E-state index in [1.54, 1.807) is 6.92 Å². The molecule has 0 heterocycles. The average Bonchev–Trinajstić information content (AvgIpc) is 2.36. The van der Waals surface area contributed by atoms with Crippen molar-refractivity contribution in [3.05, 3.63) is 53.0 Å². The number of carbonyl (C=O) groups is 1. The molecular weight excluding hydrogens is 279 g/mol. The molecule has 0 N–H and O–H groups in total. The first-order valence-corrected chi connectivity index (χ1v) is 7.21. The fourth-order valence-corrected chi connectivity index (χ4v) is 2.87. The van der Waals surface area contributed by atoms with Gasteiger partial charge in [-0.1, -0.05) is 0 Å². The van der Waals surface area contributed by atoms with E-state index in [9.17, 15) is 4.79 Å². The van der Waals surface area contributed by atoms with Gasteiger partial charge in [-0.05, 0) is 0 Å². The summed E-state index contributed by atoms with van der Waals surface area (Å²) in [6.45, 7) is 4.20. The molecule has 3 heteroatoms. The van der Waals surface area contributed by atoms with E-state index in [1.165, 1.54) is 10.5 Å². The molecule has 0 aliphatic rings. The Kier molecular flexibility index (Phi) is 6.38. The zero-order chi connectivity index (χ0) is 12.5. The Hall–Kier alpha value is -1.31. The third-order valence-electron chi connectivity index (χ3n) is 1.93. The van der Waals surface area contributed by atoms with Crippen molar-refractivity contribution in [3.8, 4) is 0 Å². The Balaban J connectivity index is 2.59. The van der Waals surface area contributed by atoms with Crippen LogP contribution in [0.5, 0.6) is 0 Å². The number of rotatable bonds is 5. The molecule has 1 aromatic rings. The molecule has 0 aromatic heterocycles. The first-order chi connectivity index (χ1) is 8.26. The summed E-state index contributed by atoms with van der Waals surface area (Å²) in [5, 5.41) is 0. The summed E-state index contributed by atoms with van der Waals surface area (Å²) in [5.74, 6) is -0.282. The molecule has 1 aromatic carbocycles. The van der Waals surface area contributed by atoms with Gasteiger partial charge in [0.25, 0.3) is 0 Å². The van der Waals surface area contributed by atoms with Crippen LogP contribution in [0.4, 0.5) is 0 Å². The van der Waals surface area contributed by atoms with Crippen LogP contribution in [0.2, 0.25) is 0 Å². The van der Waals surface area contributed by atoms with Crippen LogP contribution in [0.3, 0.4) is 0 Å². The number of carbonyl (C=O) groups excluding carboxylic acids is 1. The molecule has 0 radical (unpaired) electrons. The van der Waals surface area contributed by atoms with Gasteiger partial charge < -0.3 is 0 Å². The fourth-order valence-electron chi connectivity index (χ4n) is 1.15. The van der Waals surface area contributed by atoms with Gasteiger partial charge in [0.15, 0.2) is 0 Å². The van der Waals surface area contributed by atoms with Crippen LogP contribution in [0, 0.1) is 0 Å². The van der Waals surface area contributed by atoms with E-state index >= 15 is 0 Å². The van der Waals surface area contributed by atoms with E-state index in [0.717, 1.165) is 4.47 Å². The quantitative estimate of drug-likeness (QED) is 0.360. The topological polar surface area (TPSA) is 26.3 Å². The third kappa shape index (κ3) is 5.53. The molecule has 0 aliphatic carbocycles. The van der Waals surface area contributed by atoms with Gasteiger partial charge in [0.2, 0.25) is 0 Å². The van der Waals surface area contributed by atoms with Crippen molar-refractivity contribution in [1.29, 1.82) is 0 Å². The van der Waals surface area contributed by atoms with Gasteiger partial charge in [0, 0.05) is 0 Å². The molecule has 0 aliphatic heterocycles. The van der Waals surface area contributed by atoms with Crippen molar-refractivity contribution in [3.63, 3.8) is 0 Å². The Morgan fingerprint density at radius 2 is 2.00 bits per heavy atom. The van der Waals surface area contributed by atoms with E-state index in [4.69, 9.17) is 4.74 Å². The molecule has 0 atom stereocenters. The summed E-state index contributed by atoms with van der Waals surface area (Å²) in [6, 6.07) is 10.3. The molecule has 0 fully saturated rings. The van der Waals surface area contributed by atoms with Crippen LogP contribution < -0.4 is 4.46 Å². The van der Waals surface area contributed by atoms with Crippen molar-refractivity contribution in [2.45, 2.75) is 13.8 Å². The molecule has 0 saturated heterocycles. The molecular formula is C14H16O2Se. The Morgan fingerprint density at radius 3 is 2.59 bits per heavy atom. The molecule has 2 nitrogen and oxygen atoms in total. The van der Waals surface area contributed by atoms with E-state index < -0.39 is 0 Å². The van der Waals surface area contributed by atoms with Gasteiger partial charge in [-0.15, -0.1) is 0 Å². The Labute approximate surface area is 109 Å². The van der Waals surface area contributed by atoms with Crippen LogP contribution in [0.15, 0.2) is 53.0 Å². The number of ether oxygens (including phenoxy) is 1. The zero-order valence-corrected chi connectivity index (χ0v) is 11.8. The fraction of sp³-hybridized carbons (Fsp3) is 0.214. The van der Waals surface area contributed by atoms with Crippen molar-refractivity contribution >= 4 is 25.4 Å². The molecule has 0 bridgehead atoms. The van der Waals surface area contributed by atoms with Crippen molar-refractivity contribution in [2.24, 2.45) is 0 Å². The minimum atomic E-state index is -0.282. The minimum absolute atomic E-state index is 0.235. The molecule has 0 saturated carbocycles. The van der Waals surface area contributed by atoms with Gasteiger partial charge in [0.05, 0.1) is 0 Å². The molecule has 0 unspecified atom stereocenters. The Morgan fingerprint density at radius 1 is 1.29 bits per heavy atom. The average molecular weight is 295 g/mol. The van der Waals surface area contributed by atoms with Crippen LogP contribution in [0.1, 0.15) is 13.8 Å². The number of allylic oxidation sites excluding steroid dienone is 3. The van der Waals surface area contributed by atoms with Crippen molar-refractivity contribution in [2.75, 3.05) is 6.61 Å². The van der Waals surface area contributed by atoms with Crippen LogP contribution >= 0.6 is 0 Å². The standard InChI is InChI=1S/C14H16O2Se/c1-3-12(10-11-14(15)16-4-2)17-13-8-6-5-7-9-13/h3,5-11H,4H2,1-2H3/b11-10+,12-3-. The maximum atomic E-state index is 11.2. The summed E-state index contributed by atoms with van der Waals surface area (Å²) in [6.07, 6.45) is 5.36. The summed E-state index contributed by atoms with van der Waals surface area (Å²) < 4.78 is 7.30. The predicted molar refractivity (Wildman–Crippen MR) is 71.4 cm³/mol. The van der Waals surface area contributed by atoms with E-state index in [0.29, 0.717) is 6.61 Å². The van der Waals surface area contributed by atoms with Gasteiger partial charge in [0.1, 0.15) is 0 Å². The van der Waals surface area contributed by atoms with E-state index in [-0.39, 0.29) is 20.9 Å². The van der Waals surface area contributed by atoms with Crippen LogP contribution in [0.25, 0.3) is 0 Å². The van der Waals surface area contributed by atoms with Gasteiger partial charge in [-0.2, -0.15) is 0 Å². The number of hydrogen-bond acceptors (Lipinski definition) is 2. The monoisotopic (exact) mass is 296 g/mol. The number of benzene rings is 1. The van der Waals surface area contributed by atoms with E-state index in [2.05, 4.69) is 12.1 Å². The maximum absolute atomic E-state index is 11.2. The second-order valence-electron chi connectivity index (χ2n) is 3.19. The van der Waals surface area contributed by atoms with Gasteiger partial charge >= 0.3 is 108 Å². The van der Waals surface area contributed by atoms with Crippen molar-refractivity contribution < 1.29 is 9.53 Å².